The van der Waals surface area contributed by atoms with E-state index in [0.717, 1.165) is 69.6 Å². The van der Waals surface area contributed by atoms with Crippen molar-refractivity contribution in [2.24, 2.45) is 11.8 Å². The summed E-state index contributed by atoms with van der Waals surface area (Å²) in [6.45, 7) is 11.3. The predicted octanol–water partition coefficient (Wildman–Crippen LogP) is 16.1. The summed E-state index contributed by atoms with van der Waals surface area (Å²) in [6, 6.07) is 0. The van der Waals surface area contributed by atoms with E-state index >= 15 is 0 Å². The minimum absolute atomic E-state index is 0.0647. The number of rotatable bonds is 45. The molecule has 57 heavy (non-hydrogen) atoms. The van der Waals surface area contributed by atoms with Gasteiger partial charge in [-0.05, 0) is 31.1 Å². The predicted molar refractivity (Wildman–Crippen MR) is 243 cm³/mol. The van der Waals surface area contributed by atoms with Gasteiger partial charge in [0.05, 0.1) is 0 Å². The normalized spacial score (nSPS) is 12.5. The number of hydrogen-bond acceptors (Lipinski definition) is 6. The van der Waals surface area contributed by atoms with Crippen molar-refractivity contribution in [1.29, 1.82) is 0 Å². The SMILES string of the molecule is CCCCCCCCCCCCC(=O)OC[C@H](COC(=O)CCCCCCCCC(C)CC)OC(=O)CCCCCCCCCCCCCCCCCCC(C)C. The molecule has 0 spiro atoms. The Morgan fingerprint density at radius 3 is 1.00 bits per heavy atom. The molecule has 0 saturated carbocycles. The molecule has 0 aliphatic heterocycles. The summed E-state index contributed by atoms with van der Waals surface area (Å²) >= 11 is 0. The molecule has 1 unspecified atom stereocenters. The lowest BCUT2D eigenvalue weighted by atomic mass is 10.00. The van der Waals surface area contributed by atoms with Crippen LogP contribution in [0.3, 0.4) is 0 Å². The van der Waals surface area contributed by atoms with Crippen molar-refractivity contribution in [3.63, 3.8) is 0 Å². The second kappa shape index (κ2) is 44.0. The first-order chi connectivity index (χ1) is 27.8. The molecule has 0 heterocycles. The number of hydrogen-bond donors (Lipinski definition) is 0. The Bertz CT molecular complexity index is 872. The largest absolute Gasteiger partial charge is 0.462 e. The first-order valence-electron chi connectivity index (χ1n) is 25.3. The van der Waals surface area contributed by atoms with Gasteiger partial charge in [-0.3, -0.25) is 14.4 Å². The topological polar surface area (TPSA) is 78.9 Å². The highest BCUT2D eigenvalue weighted by molar-refractivity contribution is 5.71. The second-order valence-electron chi connectivity index (χ2n) is 18.2. The van der Waals surface area contributed by atoms with Crippen LogP contribution in [0.15, 0.2) is 0 Å². The summed E-state index contributed by atoms with van der Waals surface area (Å²) in [7, 11) is 0. The van der Waals surface area contributed by atoms with Gasteiger partial charge >= 0.3 is 17.9 Å². The highest BCUT2D eigenvalue weighted by Gasteiger charge is 2.19. The van der Waals surface area contributed by atoms with Crippen LogP contribution < -0.4 is 0 Å². The van der Waals surface area contributed by atoms with Crippen molar-refractivity contribution in [3.8, 4) is 0 Å². The zero-order valence-corrected chi connectivity index (χ0v) is 39.0. The van der Waals surface area contributed by atoms with E-state index in [-0.39, 0.29) is 31.1 Å². The van der Waals surface area contributed by atoms with Crippen LogP contribution in [0.2, 0.25) is 0 Å². The minimum Gasteiger partial charge on any atom is -0.462 e. The van der Waals surface area contributed by atoms with E-state index in [9.17, 15) is 14.4 Å². The zero-order valence-electron chi connectivity index (χ0n) is 39.0. The Hall–Kier alpha value is -1.59. The van der Waals surface area contributed by atoms with E-state index < -0.39 is 6.10 Å². The first-order valence-corrected chi connectivity index (χ1v) is 25.3. The number of carbonyl (C=O) groups excluding carboxylic acids is 3. The number of unbranched alkanes of at least 4 members (excludes halogenated alkanes) is 29. The van der Waals surface area contributed by atoms with Crippen molar-refractivity contribution in [3.05, 3.63) is 0 Å². The first kappa shape index (κ1) is 55.4. The average molecular weight is 807 g/mol. The fourth-order valence-electron chi connectivity index (χ4n) is 7.60. The molecule has 0 bridgehead atoms. The highest BCUT2D eigenvalue weighted by atomic mass is 16.6. The van der Waals surface area contributed by atoms with Gasteiger partial charge in [0.1, 0.15) is 13.2 Å². The van der Waals surface area contributed by atoms with Crippen LogP contribution in [0.25, 0.3) is 0 Å². The van der Waals surface area contributed by atoms with Gasteiger partial charge in [0.25, 0.3) is 0 Å². The number of carbonyl (C=O) groups is 3. The quantitative estimate of drug-likeness (QED) is 0.0346. The third kappa shape index (κ3) is 43.8. The summed E-state index contributed by atoms with van der Waals surface area (Å²) in [5.74, 6) is 0.812. The van der Waals surface area contributed by atoms with Crippen LogP contribution in [0.1, 0.15) is 279 Å². The number of ether oxygens (including phenoxy) is 3. The molecule has 6 heteroatoms. The van der Waals surface area contributed by atoms with Gasteiger partial charge in [0, 0.05) is 19.3 Å². The lowest BCUT2D eigenvalue weighted by Crippen LogP contribution is -2.30. The van der Waals surface area contributed by atoms with E-state index in [2.05, 4.69) is 34.6 Å². The monoisotopic (exact) mass is 807 g/mol. The van der Waals surface area contributed by atoms with Gasteiger partial charge in [0.15, 0.2) is 6.10 Å². The van der Waals surface area contributed by atoms with Gasteiger partial charge in [-0.2, -0.15) is 0 Å². The van der Waals surface area contributed by atoms with E-state index in [0.29, 0.717) is 19.3 Å². The molecule has 0 saturated heterocycles. The molecular weight excluding hydrogens is 709 g/mol. The second-order valence-corrected chi connectivity index (χ2v) is 18.2. The Morgan fingerprint density at radius 1 is 0.368 bits per heavy atom. The van der Waals surface area contributed by atoms with Crippen molar-refractivity contribution >= 4 is 17.9 Å². The Kier molecular flexibility index (Phi) is 42.7. The third-order valence-electron chi connectivity index (χ3n) is 11.8. The van der Waals surface area contributed by atoms with E-state index in [1.807, 2.05) is 0 Å². The standard InChI is InChI=1S/C51H98O6/c1-6-8-9-10-11-12-22-25-31-36-41-49(52)55-44-48(45-56-50(53)42-37-32-28-27-30-35-40-47(5)7-2)57-51(54)43-38-33-26-23-20-18-16-14-13-15-17-19-21-24-29-34-39-46(3)4/h46-48H,6-45H2,1-5H3/t47?,48-/m1/s1. The lowest BCUT2D eigenvalue weighted by molar-refractivity contribution is -0.167. The molecule has 0 N–H and O–H groups in total. The van der Waals surface area contributed by atoms with Crippen LogP contribution >= 0.6 is 0 Å². The van der Waals surface area contributed by atoms with Gasteiger partial charge in [0.2, 0.25) is 0 Å². The summed E-state index contributed by atoms with van der Waals surface area (Å²) in [5, 5.41) is 0. The summed E-state index contributed by atoms with van der Waals surface area (Å²) in [4.78, 5) is 37.8. The smallest absolute Gasteiger partial charge is 0.306 e. The summed E-state index contributed by atoms with van der Waals surface area (Å²) in [5.41, 5.74) is 0. The molecule has 0 aromatic heterocycles. The van der Waals surface area contributed by atoms with Crippen molar-refractivity contribution in [2.45, 2.75) is 285 Å². The average Bonchev–Trinajstić information content (AvgIpc) is 3.19. The maximum Gasteiger partial charge on any atom is 0.306 e. The zero-order chi connectivity index (χ0) is 41.9. The molecule has 0 aromatic carbocycles. The Morgan fingerprint density at radius 2 is 0.667 bits per heavy atom. The molecule has 0 aliphatic rings. The molecule has 338 valence electrons. The van der Waals surface area contributed by atoms with E-state index in [1.165, 1.54) is 167 Å². The fraction of sp³-hybridized carbons (Fsp3) is 0.941. The summed E-state index contributed by atoms with van der Waals surface area (Å²) in [6.07, 6.45) is 43.8. The van der Waals surface area contributed by atoms with Gasteiger partial charge < -0.3 is 14.2 Å². The van der Waals surface area contributed by atoms with Crippen molar-refractivity contribution in [1.82, 2.24) is 0 Å². The molecule has 0 rings (SSSR count). The molecule has 0 radical (unpaired) electrons. The molecule has 0 aliphatic carbocycles. The van der Waals surface area contributed by atoms with Crippen LogP contribution in [0.4, 0.5) is 0 Å². The highest BCUT2D eigenvalue weighted by Crippen LogP contribution is 2.18. The Labute approximate surface area is 355 Å². The molecule has 0 aromatic rings. The molecular formula is C51H98O6. The van der Waals surface area contributed by atoms with E-state index in [4.69, 9.17) is 14.2 Å². The molecule has 2 atom stereocenters. The third-order valence-corrected chi connectivity index (χ3v) is 11.8. The maximum absolute atomic E-state index is 12.8. The van der Waals surface area contributed by atoms with Crippen molar-refractivity contribution in [2.75, 3.05) is 13.2 Å². The van der Waals surface area contributed by atoms with Gasteiger partial charge in [-0.25, -0.2) is 0 Å². The van der Waals surface area contributed by atoms with Crippen LogP contribution in [0.5, 0.6) is 0 Å². The molecule has 0 fully saturated rings. The molecule has 0 amide bonds. The maximum atomic E-state index is 12.8. The van der Waals surface area contributed by atoms with Crippen LogP contribution in [-0.4, -0.2) is 37.2 Å². The van der Waals surface area contributed by atoms with E-state index in [1.54, 1.807) is 0 Å². The Balaban J connectivity index is 4.25. The summed E-state index contributed by atoms with van der Waals surface area (Å²) < 4.78 is 16.8. The van der Waals surface area contributed by atoms with Crippen LogP contribution in [-0.2, 0) is 28.6 Å². The lowest BCUT2D eigenvalue weighted by Gasteiger charge is -2.18. The van der Waals surface area contributed by atoms with Gasteiger partial charge in [-0.15, -0.1) is 0 Å². The van der Waals surface area contributed by atoms with Crippen LogP contribution in [0, 0.1) is 11.8 Å². The van der Waals surface area contributed by atoms with Crippen molar-refractivity contribution < 1.29 is 28.6 Å². The van der Waals surface area contributed by atoms with Gasteiger partial charge in [-0.1, -0.05) is 240 Å². The fourth-order valence-corrected chi connectivity index (χ4v) is 7.60. The number of esters is 3. The molecule has 6 nitrogen and oxygen atoms in total. The minimum atomic E-state index is -0.761.